The molecule has 0 aromatic heterocycles. The molecule has 0 saturated carbocycles. The van der Waals surface area contributed by atoms with Crippen molar-refractivity contribution in [2.75, 3.05) is 7.05 Å². The summed E-state index contributed by atoms with van der Waals surface area (Å²) in [6.45, 7) is 3.77. The number of halogens is 2. The average Bonchev–Trinajstić information content (AvgIpc) is 2.41. The van der Waals surface area contributed by atoms with Crippen molar-refractivity contribution in [3.05, 3.63) is 34.9 Å². The Bertz CT molecular complexity index is 391. The maximum Gasteiger partial charge on any atom is 0.163 e. The maximum atomic E-state index is 13.9. The zero-order valence-electron chi connectivity index (χ0n) is 12.2. The molecule has 1 aromatic carbocycles. The van der Waals surface area contributed by atoms with Gasteiger partial charge in [0, 0.05) is 11.6 Å². The molecule has 0 aliphatic rings. The Labute approximate surface area is 115 Å². The molecule has 108 valence electrons. The van der Waals surface area contributed by atoms with Crippen LogP contribution in [-0.4, -0.2) is 7.05 Å². The molecule has 0 amide bonds. The highest BCUT2D eigenvalue weighted by atomic mass is 19.2. The predicted molar refractivity (Wildman–Crippen MR) is 76.3 cm³/mol. The topological polar surface area (TPSA) is 12.0 Å². The van der Waals surface area contributed by atoms with E-state index in [1.807, 2.05) is 0 Å². The number of nitrogens with one attached hydrogen (secondary N) is 1. The van der Waals surface area contributed by atoms with Gasteiger partial charge in [0.2, 0.25) is 0 Å². The van der Waals surface area contributed by atoms with Crippen LogP contribution < -0.4 is 5.32 Å². The van der Waals surface area contributed by atoms with Crippen molar-refractivity contribution in [2.24, 2.45) is 0 Å². The van der Waals surface area contributed by atoms with E-state index in [-0.39, 0.29) is 6.04 Å². The van der Waals surface area contributed by atoms with E-state index in [0.29, 0.717) is 11.1 Å². The molecule has 1 nitrogen and oxygen atoms in total. The zero-order valence-corrected chi connectivity index (χ0v) is 12.2. The molecule has 1 N–H and O–H groups in total. The molecule has 0 aliphatic carbocycles. The number of rotatable bonds is 8. The third-order valence-electron chi connectivity index (χ3n) is 3.63. The van der Waals surface area contributed by atoms with E-state index in [0.717, 1.165) is 19.3 Å². The summed E-state index contributed by atoms with van der Waals surface area (Å²) >= 11 is 0. The van der Waals surface area contributed by atoms with E-state index < -0.39 is 11.6 Å². The smallest absolute Gasteiger partial charge is 0.163 e. The van der Waals surface area contributed by atoms with Crippen LogP contribution in [0.15, 0.2) is 12.1 Å². The average molecular weight is 269 g/mol. The van der Waals surface area contributed by atoms with Gasteiger partial charge in [0.15, 0.2) is 11.6 Å². The molecular formula is C16H25F2N. The molecular weight excluding hydrogens is 244 g/mol. The minimum Gasteiger partial charge on any atom is -0.313 e. The second-order valence-electron chi connectivity index (χ2n) is 5.14. The van der Waals surface area contributed by atoms with Gasteiger partial charge in [-0.25, -0.2) is 8.78 Å². The highest BCUT2D eigenvalue weighted by molar-refractivity contribution is 5.27. The summed E-state index contributed by atoms with van der Waals surface area (Å²) in [7, 11) is 1.80. The van der Waals surface area contributed by atoms with Crippen LogP contribution in [0.5, 0.6) is 0 Å². The quantitative estimate of drug-likeness (QED) is 0.662. The maximum absolute atomic E-state index is 13.9. The van der Waals surface area contributed by atoms with Gasteiger partial charge in [0.1, 0.15) is 0 Å². The van der Waals surface area contributed by atoms with E-state index in [9.17, 15) is 8.78 Å². The zero-order chi connectivity index (χ0) is 14.3. The van der Waals surface area contributed by atoms with Gasteiger partial charge in [0.05, 0.1) is 0 Å². The van der Waals surface area contributed by atoms with Crippen LogP contribution >= 0.6 is 0 Å². The lowest BCUT2D eigenvalue weighted by Crippen LogP contribution is -2.18. The molecule has 3 heteroatoms. The molecule has 0 heterocycles. The molecule has 0 saturated heterocycles. The van der Waals surface area contributed by atoms with Gasteiger partial charge >= 0.3 is 0 Å². The van der Waals surface area contributed by atoms with Crippen LogP contribution in [0.4, 0.5) is 8.78 Å². The highest BCUT2D eigenvalue weighted by Gasteiger charge is 2.17. The minimum absolute atomic E-state index is 0.100. The monoisotopic (exact) mass is 269 g/mol. The Morgan fingerprint density at radius 3 is 2.37 bits per heavy atom. The molecule has 1 rings (SSSR count). The van der Waals surface area contributed by atoms with Crippen molar-refractivity contribution in [1.82, 2.24) is 5.32 Å². The second-order valence-corrected chi connectivity index (χ2v) is 5.14. The van der Waals surface area contributed by atoms with Gasteiger partial charge in [-0.3, -0.25) is 0 Å². The number of benzene rings is 1. The van der Waals surface area contributed by atoms with E-state index in [1.165, 1.54) is 19.3 Å². The van der Waals surface area contributed by atoms with Gasteiger partial charge < -0.3 is 5.32 Å². The van der Waals surface area contributed by atoms with Gasteiger partial charge in [0.25, 0.3) is 0 Å². The lowest BCUT2D eigenvalue weighted by molar-refractivity contribution is 0.448. The first-order chi connectivity index (χ1) is 9.11. The molecule has 0 bridgehead atoms. The van der Waals surface area contributed by atoms with E-state index >= 15 is 0 Å². The molecule has 0 aliphatic heterocycles. The fraction of sp³-hybridized carbons (Fsp3) is 0.625. The van der Waals surface area contributed by atoms with Crippen molar-refractivity contribution >= 4 is 0 Å². The summed E-state index contributed by atoms with van der Waals surface area (Å²) in [5.74, 6) is -1.42. The van der Waals surface area contributed by atoms with Crippen molar-refractivity contribution in [3.63, 3.8) is 0 Å². The third-order valence-corrected chi connectivity index (χ3v) is 3.63. The van der Waals surface area contributed by atoms with Gasteiger partial charge in [-0.05, 0) is 26.0 Å². The first kappa shape index (κ1) is 16.1. The summed E-state index contributed by atoms with van der Waals surface area (Å²) in [5, 5.41) is 3.09. The summed E-state index contributed by atoms with van der Waals surface area (Å²) in [4.78, 5) is 0. The van der Waals surface area contributed by atoms with Crippen LogP contribution in [0.3, 0.4) is 0 Å². The SMILES string of the molecule is CCCCCCCC(NC)c1ccc(C)c(F)c1F. The molecule has 0 spiro atoms. The fourth-order valence-corrected chi connectivity index (χ4v) is 2.34. The minimum atomic E-state index is -0.719. The lowest BCUT2D eigenvalue weighted by Gasteiger charge is -2.18. The first-order valence-corrected chi connectivity index (χ1v) is 7.23. The van der Waals surface area contributed by atoms with Gasteiger partial charge in [-0.2, -0.15) is 0 Å². The first-order valence-electron chi connectivity index (χ1n) is 7.23. The Morgan fingerprint density at radius 1 is 1.05 bits per heavy atom. The molecule has 0 radical (unpaired) electrons. The number of hydrogen-bond donors (Lipinski definition) is 1. The van der Waals surface area contributed by atoms with Crippen LogP contribution in [0.1, 0.15) is 62.6 Å². The fourth-order valence-electron chi connectivity index (χ4n) is 2.34. The molecule has 1 atom stereocenters. The van der Waals surface area contributed by atoms with E-state index in [1.54, 1.807) is 26.1 Å². The van der Waals surface area contributed by atoms with Gasteiger partial charge in [-0.15, -0.1) is 0 Å². The van der Waals surface area contributed by atoms with Crippen molar-refractivity contribution < 1.29 is 8.78 Å². The largest absolute Gasteiger partial charge is 0.313 e. The van der Waals surface area contributed by atoms with Crippen LogP contribution in [0, 0.1) is 18.6 Å². The lowest BCUT2D eigenvalue weighted by atomic mass is 9.98. The van der Waals surface area contributed by atoms with Crippen LogP contribution in [0.2, 0.25) is 0 Å². The Hall–Kier alpha value is -0.960. The van der Waals surface area contributed by atoms with Crippen molar-refractivity contribution in [2.45, 2.75) is 58.4 Å². The second kappa shape index (κ2) is 8.26. The van der Waals surface area contributed by atoms with Crippen molar-refractivity contribution in [1.29, 1.82) is 0 Å². The summed E-state index contributed by atoms with van der Waals surface area (Å²) in [6, 6.07) is 3.24. The normalized spacial score (nSPS) is 12.7. The predicted octanol–water partition coefficient (Wildman–Crippen LogP) is 4.89. The number of aryl methyl sites for hydroxylation is 1. The molecule has 19 heavy (non-hydrogen) atoms. The van der Waals surface area contributed by atoms with Crippen LogP contribution in [0.25, 0.3) is 0 Å². The van der Waals surface area contributed by atoms with Crippen molar-refractivity contribution in [3.8, 4) is 0 Å². The number of unbranched alkanes of at least 4 members (excludes halogenated alkanes) is 4. The van der Waals surface area contributed by atoms with Crippen LogP contribution in [-0.2, 0) is 0 Å². The summed E-state index contributed by atoms with van der Waals surface area (Å²) in [5.41, 5.74) is 0.806. The Balaban J connectivity index is 2.62. The Morgan fingerprint density at radius 2 is 1.74 bits per heavy atom. The number of hydrogen-bond acceptors (Lipinski definition) is 1. The molecule has 1 unspecified atom stereocenters. The molecule has 1 aromatic rings. The third kappa shape index (κ3) is 4.57. The highest BCUT2D eigenvalue weighted by Crippen LogP contribution is 2.25. The van der Waals surface area contributed by atoms with E-state index in [2.05, 4.69) is 12.2 Å². The molecule has 0 fully saturated rings. The van der Waals surface area contributed by atoms with Gasteiger partial charge in [-0.1, -0.05) is 51.2 Å². The van der Waals surface area contributed by atoms with E-state index in [4.69, 9.17) is 0 Å². The summed E-state index contributed by atoms with van der Waals surface area (Å²) in [6.07, 6.45) is 6.73. The standard InChI is InChI=1S/C16H25F2N/c1-4-5-6-7-8-9-14(19-3)13-11-10-12(2)15(17)16(13)18/h10-11,14,19H,4-9H2,1-3H3. The Kier molecular flexibility index (Phi) is 7.00. The summed E-state index contributed by atoms with van der Waals surface area (Å²) < 4.78 is 27.5.